The van der Waals surface area contributed by atoms with Crippen molar-refractivity contribution in [2.45, 2.75) is 92.8 Å². The standard InChI is InChI=1S/C26H24F12N2O5S/c27-22(28,24(31,32)33)23(29,30)25(34,35)46(41,42)45-20-13-7-8-14(20)10-15(9-13)39-11-17-19(40-44-21(17)12-5-6-12)16-3-1-2-4-18(16)43-26(36,37)38/h1-4,12-15,20,39H,5-11H2/t13-,14+,15+,20+. The van der Waals surface area contributed by atoms with Crippen molar-refractivity contribution in [1.82, 2.24) is 10.5 Å². The van der Waals surface area contributed by atoms with Gasteiger partial charge in [0.25, 0.3) is 0 Å². The van der Waals surface area contributed by atoms with Crippen LogP contribution in [0.1, 0.15) is 55.8 Å². The minimum absolute atomic E-state index is 0.00942. The summed E-state index contributed by atoms with van der Waals surface area (Å²) >= 11 is 0. The lowest BCUT2D eigenvalue weighted by molar-refractivity contribution is -0.383. The zero-order chi connectivity index (χ0) is 34.1. The first-order chi connectivity index (χ1) is 21.1. The third kappa shape index (κ3) is 6.15. The maximum atomic E-state index is 14.3. The van der Waals surface area contributed by atoms with Gasteiger partial charge in [-0.1, -0.05) is 17.3 Å². The number of benzene rings is 1. The van der Waals surface area contributed by atoms with Crippen molar-refractivity contribution in [2.24, 2.45) is 11.8 Å². The summed E-state index contributed by atoms with van der Waals surface area (Å²) < 4.78 is 197. The number of hydrogen-bond donors (Lipinski definition) is 1. The maximum Gasteiger partial charge on any atom is 0.573 e. The molecule has 5 rings (SSSR count). The molecule has 4 atom stereocenters. The van der Waals surface area contributed by atoms with Crippen LogP contribution in [-0.4, -0.2) is 55.4 Å². The first kappa shape index (κ1) is 34.6. The Hall–Kier alpha value is -2.74. The number of nitrogens with one attached hydrogen (secondary N) is 1. The fourth-order valence-corrected chi connectivity index (χ4v) is 7.18. The van der Waals surface area contributed by atoms with Crippen LogP contribution >= 0.6 is 0 Å². The van der Waals surface area contributed by atoms with Gasteiger partial charge in [-0.15, -0.1) is 13.2 Å². The highest BCUT2D eigenvalue weighted by Crippen LogP contribution is 2.56. The number of rotatable bonds is 11. The molecule has 46 heavy (non-hydrogen) atoms. The van der Waals surface area contributed by atoms with E-state index in [1.54, 1.807) is 0 Å². The average molecular weight is 705 g/mol. The molecule has 1 N–H and O–H groups in total. The summed E-state index contributed by atoms with van der Waals surface area (Å²) in [5.74, 6) is -16.8. The van der Waals surface area contributed by atoms with Gasteiger partial charge in [0.2, 0.25) is 0 Å². The normalized spacial score (nSPS) is 24.8. The molecule has 1 aromatic carbocycles. The summed E-state index contributed by atoms with van der Waals surface area (Å²) in [6.45, 7) is -0.0320. The van der Waals surface area contributed by atoms with Crippen molar-refractivity contribution in [3.63, 3.8) is 0 Å². The predicted octanol–water partition coefficient (Wildman–Crippen LogP) is 7.54. The van der Waals surface area contributed by atoms with E-state index in [2.05, 4.69) is 19.4 Å². The van der Waals surface area contributed by atoms with Crippen LogP contribution in [0.25, 0.3) is 11.3 Å². The van der Waals surface area contributed by atoms with Crippen molar-refractivity contribution in [2.75, 3.05) is 0 Å². The Morgan fingerprint density at radius 2 is 1.43 bits per heavy atom. The Kier molecular flexibility index (Phi) is 8.61. The fraction of sp³-hybridized carbons (Fsp3) is 0.654. The number of para-hydroxylation sites is 1. The lowest BCUT2D eigenvalue weighted by Crippen LogP contribution is -2.63. The highest BCUT2D eigenvalue weighted by molar-refractivity contribution is 7.87. The van der Waals surface area contributed by atoms with Gasteiger partial charge in [0.15, 0.2) is 0 Å². The molecular weight excluding hydrogens is 680 g/mol. The molecule has 2 aromatic rings. The van der Waals surface area contributed by atoms with Gasteiger partial charge in [0.1, 0.15) is 17.2 Å². The molecule has 0 spiro atoms. The molecule has 0 aliphatic heterocycles. The molecular formula is C26H24F12N2O5S. The topological polar surface area (TPSA) is 90.7 Å². The van der Waals surface area contributed by atoms with Gasteiger partial charge >= 0.3 is 39.8 Å². The van der Waals surface area contributed by atoms with Crippen molar-refractivity contribution >= 4 is 10.1 Å². The average Bonchev–Trinajstić information content (AvgIpc) is 3.65. The van der Waals surface area contributed by atoms with Crippen molar-refractivity contribution in [3.8, 4) is 17.0 Å². The van der Waals surface area contributed by atoms with Crippen LogP contribution < -0.4 is 10.1 Å². The summed E-state index contributed by atoms with van der Waals surface area (Å²) in [4.78, 5) is 0. The number of hydrogen-bond acceptors (Lipinski definition) is 7. The summed E-state index contributed by atoms with van der Waals surface area (Å²) in [5, 5.41) is 0.166. The highest BCUT2D eigenvalue weighted by Gasteiger charge is 2.86. The first-order valence-electron chi connectivity index (χ1n) is 13.8. The van der Waals surface area contributed by atoms with Crippen LogP contribution in [0.3, 0.4) is 0 Å². The van der Waals surface area contributed by atoms with E-state index >= 15 is 0 Å². The Morgan fingerprint density at radius 1 is 0.848 bits per heavy atom. The molecule has 3 aliphatic carbocycles. The second kappa shape index (κ2) is 11.5. The third-order valence-electron chi connectivity index (χ3n) is 8.38. The molecule has 0 radical (unpaired) electrons. The quantitative estimate of drug-likeness (QED) is 0.191. The van der Waals surface area contributed by atoms with Crippen LogP contribution in [0.5, 0.6) is 5.75 Å². The van der Waals surface area contributed by atoms with Crippen molar-refractivity contribution < 1.29 is 74.5 Å². The predicted molar refractivity (Wildman–Crippen MR) is 131 cm³/mol. The molecule has 2 bridgehead atoms. The van der Waals surface area contributed by atoms with Crippen LogP contribution in [0.15, 0.2) is 28.8 Å². The zero-order valence-corrected chi connectivity index (χ0v) is 23.9. The molecule has 3 fully saturated rings. The summed E-state index contributed by atoms with van der Waals surface area (Å²) in [6, 6.07) is 4.69. The van der Waals surface area contributed by atoms with E-state index in [1.165, 1.54) is 18.2 Å². The molecule has 0 amide bonds. The van der Waals surface area contributed by atoms with Crippen LogP contribution in [0, 0.1) is 11.8 Å². The SMILES string of the molecule is O=S(=O)(O[C@H]1[C@@H]2CC[C@H]1C[C@@H](NCc1c(-c3ccccc3OC(F)(F)F)noc1C1CC1)C2)C(F)(F)C(F)(F)C(F)(F)C(F)(F)F. The van der Waals surface area contributed by atoms with Crippen LogP contribution in [0.2, 0.25) is 0 Å². The lowest BCUT2D eigenvalue weighted by Gasteiger charge is -2.37. The van der Waals surface area contributed by atoms with E-state index in [9.17, 15) is 61.1 Å². The van der Waals surface area contributed by atoms with Gasteiger partial charge in [0, 0.05) is 29.6 Å². The Balaban J connectivity index is 1.31. The second-order valence-electron chi connectivity index (χ2n) is 11.5. The number of ether oxygens (including phenoxy) is 1. The van der Waals surface area contributed by atoms with E-state index < -0.39 is 69.5 Å². The molecule has 1 heterocycles. The fourth-order valence-electron chi connectivity index (χ4n) is 6.01. The van der Waals surface area contributed by atoms with Gasteiger partial charge in [-0.3, -0.25) is 4.18 Å². The molecule has 0 unspecified atom stereocenters. The molecule has 0 saturated heterocycles. The minimum Gasteiger partial charge on any atom is -0.405 e. The van der Waals surface area contributed by atoms with Gasteiger partial charge in [-0.05, 0) is 62.5 Å². The van der Waals surface area contributed by atoms with E-state index in [-0.39, 0.29) is 49.4 Å². The molecule has 20 heteroatoms. The first-order valence-corrected chi connectivity index (χ1v) is 15.2. The summed E-state index contributed by atoms with van der Waals surface area (Å²) in [5.41, 5.74) is 0.434. The molecule has 258 valence electrons. The molecule has 7 nitrogen and oxygen atoms in total. The maximum absolute atomic E-state index is 14.3. The Labute approximate surface area is 252 Å². The number of fused-ring (bicyclic) bond motifs is 2. The Morgan fingerprint density at radius 3 is 1.98 bits per heavy atom. The van der Waals surface area contributed by atoms with E-state index in [4.69, 9.17) is 4.52 Å². The monoisotopic (exact) mass is 704 g/mol. The number of nitrogens with zero attached hydrogens (tertiary/aromatic N) is 1. The van der Waals surface area contributed by atoms with Crippen LogP contribution in [0.4, 0.5) is 52.7 Å². The van der Waals surface area contributed by atoms with Crippen LogP contribution in [-0.2, 0) is 20.8 Å². The van der Waals surface area contributed by atoms with E-state index in [1.807, 2.05) is 0 Å². The molecule has 3 saturated carbocycles. The lowest BCUT2D eigenvalue weighted by atomic mass is 9.83. The van der Waals surface area contributed by atoms with Gasteiger partial charge in [0.05, 0.1) is 6.10 Å². The van der Waals surface area contributed by atoms with Gasteiger partial charge in [-0.2, -0.15) is 47.9 Å². The third-order valence-corrected chi connectivity index (χ3v) is 9.74. The van der Waals surface area contributed by atoms with E-state index in [0.717, 1.165) is 18.9 Å². The smallest absolute Gasteiger partial charge is 0.405 e. The second-order valence-corrected chi connectivity index (χ2v) is 13.1. The van der Waals surface area contributed by atoms with Crippen molar-refractivity contribution in [1.29, 1.82) is 0 Å². The number of halogens is 12. The van der Waals surface area contributed by atoms with Gasteiger partial charge < -0.3 is 14.6 Å². The highest BCUT2D eigenvalue weighted by atomic mass is 32.2. The molecule has 1 aromatic heterocycles. The molecule has 3 aliphatic rings. The number of alkyl halides is 12. The van der Waals surface area contributed by atoms with E-state index in [0.29, 0.717) is 11.3 Å². The van der Waals surface area contributed by atoms with Crippen molar-refractivity contribution in [3.05, 3.63) is 35.6 Å². The largest absolute Gasteiger partial charge is 0.573 e. The Bertz CT molecular complexity index is 1520. The summed E-state index contributed by atoms with van der Waals surface area (Å²) in [6.07, 6.45) is -12.2. The number of aromatic nitrogens is 1. The minimum atomic E-state index is -7.40. The van der Waals surface area contributed by atoms with Gasteiger partial charge in [-0.25, -0.2) is 0 Å². The summed E-state index contributed by atoms with van der Waals surface area (Å²) in [7, 11) is -7.01. The zero-order valence-electron chi connectivity index (χ0n) is 23.1.